The summed E-state index contributed by atoms with van der Waals surface area (Å²) in [6.07, 6.45) is 3.71. The summed E-state index contributed by atoms with van der Waals surface area (Å²) < 4.78 is 0. The van der Waals surface area contributed by atoms with Gasteiger partial charge in [0.25, 0.3) is 0 Å². The van der Waals surface area contributed by atoms with Crippen molar-refractivity contribution in [2.24, 2.45) is 0 Å². The van der Waals surface area contributed by atoms with E-state index in [4.69, 9.17) is 16.7 Å². The predicted molar refractivity (Wildman–Crippen MR) is 75.1 cm³/mol. The fourth-order valence-electron chi connectivity index (χ4n) is 2.04. The van der Waals surface area contributed by atoms with Crippen LogP contribution < -0.4 is 0 Å². The van der Waals surface area contributed by atoms with Gasteiger partial charge in [-0.05, 0) is 23.8 Å². The van der Waals surface area contributed by atoms with Crippen LogP contribution in [0.3, 0.4) is 0 Å². The number of carboxylic acid groups (broad SMARTS) is 1. The number of imidazole rings is 1. The number of nitrogens with zero attached hydrogens (tertiary/aromatic N) is 2. The van der Waals surface area contributed by atoms with Crippen molar-refractivity contribution in [3.8, 4) is 0 Å². The highest BCUT2D eigenvalue weighted by Crippen LogP contribution is 2.19. The lowest BCUT2D eigenvalue weighted by atomic mass is 10.1. The lowest BCUT2D eigenvalue weighted by Crippen LogP contribution is -1.99. The summed E-state index contributed by atoms with van der Waals surface area (Å²) in [5.41, 5.74) is 2.65. The molecule has 0 spiro atoms. The maximum Gasteiger partial charge on any atom is 0.371 e. The Balaban J connectivity index is 1.91. The van der Waals surface area contributed by atoms with Gasteiger partial charge in [0.15, 0.2) is 0 Å². The number of carbonyl (C=O) groups is 1. The first-order valence-corrected chi connectivity index (χ1v) is 6.31. The van der Waals surface area contributed by atoms with E-state index in [9.17, 15) is 4.79 Å². The van der Waals surface area contributed by atoms with Crippen LogP contribution in [-0.4, -0.2) is 26.0 Å². The maximum absolute atomic E-state index is 10.8. The van der Waals surface area contributed by atoms with Gasteiger partial charge in [-0.15, -0.1) is 0 Å². The first kappa shape index (κ1) is 12.6. The van der Waals surface area contributed by atoms with Crippen LogP contribution >= 0.6 is 11.6 Å². The smallest absolute Gasteiger partial charge is 0.371 e. The SMILES string of the molecule is O=C(O)c1ncc(Cc2ccc3ncc(Cl)cc3c2)[nH]1. The van der Waals surface area contributed by atoms with E-state index < -0.39 is 5.97 Å². The van der Waals surface area contributed by atoms with Crippen molar-refractivity contribution in [1.82, 2.24) is 15.0 Å². The number of hydrogen-bond donors (Lipinski definition) is 2. The highest BCUT2D eigenvalue weighted by molar-refractivity contribution is 6.31. The largest absolute Gasteiger partial charge is 0.475 e. The van der Waals surface area contributed by atoms with Gasteiger partial charge >= 0.3 is 5.97 Å². The molecule has 6 heteroatoms. The third-order valence-corrected chi connectivity index (χ3v) is 3.14. The number of benzene rings is 1. The number of pyridine rings is 1. The standard InChI is InChI=1S/C14H10ClN3O2/c15-10-5-9-3-8(1-2-12(9)16-6-10)4-11-7-17-13(18-11)14(19)20/h1-3,5-7H,4H2,(H,17,18)(H,19,20). The topological polar surface area (TPSA) is 78.9 Å². The quantitative estimate of drug-likeness (QED) is 0.776. The minimum absolute atomic E-state index is 0.0505. The van der Waals surface area contributed by atoms with Crippen LogP contribution in [0.2, 0.25) is 5.02 Å². The van der Waals surface area contributed by atoms with Crippen LogP contribution in [0.5, 0.6) is 0 Å². The summed E-state index contributed by atoms with van der Waals surface area (Å²) in [6.45, 7) is 0. The Kier molecular flexibility index (Phi) is 3.12. The zero-order chi connectivity index (χ0) is 14.1. The molecule has 3 aromatic rings. The number of aromatic carboxylic acids is 1. The van der Waals surface area contributed by atoms with Gasteiger partial charge in [-0.25, -0.2) is 9.78 Å². The maximum atomic E-state index is 10.8. The molecule has 0 aliphatic heterocycles. The zero-order valence-electron chi connectivity index (χ0n) is 10.3. The molecule has 0 radical (unpaired) electrons. The van der Waals surface area contributed by atoms with Crippen molar-refractivity contribution in [3.05, 3.63) is 58.8 Å². The van der Waals surface area contributed by atoms with Crippen LogP contribution in [0.4, 0.5) is 0 Å². The zero-order valence-corrected chi connectivity index (χ0v) is 11.1. The number of fused-ring (bicyclic) bond motifs is 1. The molecule has 5 nitrogen and oxygen atoms in total. The fraction of sp³-hybridized carbons (Fsp3) is 0.0714. The number of halogens is 1. The molecule has 0 saturated heterocycles. The lowest BCUT2D eigenvalue weighted by Gasteiger charge is -2.02. The second-order valence-corrected chi connectivity index (χ2v) is 4.86. The van der Waals surface area contributed by atoms with E-state index in [0.717, 1.165) is 22.2 Å². The van der Waals surface area contributed by atoms with Gasteiger partial charge in [0.1, 0.15) is 0 Å². The lowest BCUT2D eigenvalue weighted by molar-refractivity contribution is 0.0684. The Morgan fingerprint density at radius 1 is 1.25 bits per heavy atom. The first-order chi connectivity index (χ1) is 9.61. The molecular formula is C14H10ClN3O2. The Morgan fingerprint density at radius 2 is 2.10 bits per heavy atom. The van der Waals surface area contributed by atoms with E-state index in [1.807, 2.05) is 24.3 Å². The molecule has 3 rings (SSSR count). The van der Waals surface area contributed by atoms with Gasteiger partial charge in [0, 0.05) is 29.9 Å². The number of aromatic amines is 1. The van der Waals surface area contributed by atoms with E-state index >= 15 is 0 Å². The van der Waals surface area contributed by atoms with Gasteiger partial charge in [-0.2, -0.15) is 0 Å². The second-order valence-electron chi connectivity index (χ2n) is 4.42. The highest BCUT2D eigenvalue weighted by atomic mass is 35.5. The minimum atomic E-state index is -1.06. The van der Waals surface area contributed by atoms with Crippen LogP contribution in [0.15, 0.2) is 36.7 Å². The van der Waals surface area contributed by atoms with Crippen molar-refractivity contribution in [2.75, 3.05) is 0 Å². The van der Waals surface area contributed by atoms with Gasteiger partial charge in [-0.3, -0.25) is 4.98 Å². The molecule has 0 bridgehead atoms. The van der Waals surface area contributed by atoms with Crippen LogP contribution in [0, 0.1) is 0 Å². The third kappa shape index (κ3) is 2.48. The molecule has 0 saturated carbocycles. The third-order valence-electron chi connectivity index (χ3n) is 2.94. The first-order valence-electron chi connectivity index (χ1n) is 5.93. The monoisotopic (exact) mass is 287 g/mol. The highest BCUT2D eigenvalue weighted by Gasteiger charge is 2.08. The van der Waals surface area contributed by atoms with Crippen LogP contribution in [0.25, 0.3) is 10.9 Å². The van der Waals surface area contributed by atoms with Gasteiger partial charge in [-0.1, -0.05) is 17.7 Å². The number of hydrogen-bond acceptors (Lipinski definition) is 3. The molecule has 20 heavy (non-hydrogen) atoms. The van der Waals surface area contributed by atoms with Crippen molar-refractivity contribution >= 4 is 28.5 Å². The van der Waals surface area contributed by atoms with E-state index in [0.29, 0.717) is 11.4 Å². The second kappa shape index (κ2) is 4.94. The average molecular weight is 288 g/mol. The number of aromatic nitrogens is 3. The molecule has 0 amide bonds. The van der Waals surface area contributed by atoms with E-state index in [-0.39, 0.29) is 5.82 Å². The molecule has 0 unspecified atom stereocenters. The van der Waals surface area contributed by atoms with E-state index in [1.165, 1.54) is 6.20 Å². The van der Waals surface area contributed by atoms with Crippen molar-refractivity contribution in [3.63, 3.8) is 0 Å². The number of nitrogens with one attached hydrogen (secondary N) is 1. The summed E-state index contributed by atoms with van der Waals surface area (Å²) in [5, 5.41) is 10.4. The van der Waals surface area contributed by atoms with E-state index in [2.05, 4.69) is 15.0 Å². The predicted octanol–water partition coefficient (Wildman–Crippen LogP) is 2.90. The molecule has 0 aliphatic rings. The normalized spacial score (nSPS) is 10.8. The Labute approximate surface area is 119 Å². The molecule has 2 heterocycles. The van der Waals surface area contributed by atoms with Gasteiger partial charge in [0.2, 0.25) is 5.82 Å². The molecule has 2 aromatic heterocycles. The molecule has 0 fully saturated rings. The van der Waals surface area contributed by atoms with Crippen LogP contribution in [0.1, 0.15) is 21.9 Å². The van der Waals surface area contributed by atoms with Crippen molar-refractivity contribution in [1.29, 1.82) is 0 Å². The van der Waals surface area contributed by atoms with Gasteiger partial charge < -0.3 is 10.1 Å². The Morgan fingerprint density at radius 3 is 2.85 bits per heavy atom. The summed E-state index contributed by atoms with van der Waals surface area (Å²) in [4.78, 5) is 21.6. The van der Waals surface area contributed by atoms with E-state index in [1.54, 1.807) is 6.20 Å². The van der Waals surface area contributed by atoms with Crippen molar-refractivity contribution < 1.29 is 9.90 Å². The number of rotatable bonds is 3. The summed E-state index contributed by atoms with van der Waals surface area (Å²) in [5.74, 6) is -1.11. The van der Waals surface area contributed by atoms with Crippen molar-refractivity contribution in [2.45, 2.75) is 6.42 Å². The van der Waals surface area contributed by atoms with Gasteiger partial charge in [0.05, 0.1) is 10.5 Å². The molecule has 0 atom stereocenters. The van der Waals surface area contributed by atoms with Crippen LogP contribution in [-0.2, 0) is 6.42 Å². The summed E-state index contributed by atoms with van der Waals surface area (Å²) in [6, 6.07) is 7.69. The number of carboxylic acids is 1. The number of H-pyrrole nitrogens is 1. The average Bonchev–Trinajstić information content (AvgIpc) is 2.87. The minimum Gasteiger partial charge on any atom is -0.475 e. The molecule has 100 valence electrons. The summed E-state index contributed by atoms with van der Waals surface area (Å²) in [7, 11) is 0. The molecule has 0 aliphatic carbocycles. The fourth-order valence-corrected chi connectivity index (χ4v) is 2.21. The molecule has 1 aromatic carbocycles. The molecular weight excluding hydrogens is 278 g/mol. The Hall–Kier alpha value is -2.40. The molecule has 2 N–H and O–H groups in total. The summed E-state index contributed by atoms with van der Waals surface area (Å²) >= 11 is 5.93. The Bertz CT molecular complexity index is 798.